The largest absolute Gasteiger partial charge is 0.345 e. The number of rotatable bonds is 3. The standard InChI is InChI=1S/C20H22N2/c1-20(2,3)19-18(16-12-8-5-9-13-16)21-17(22-19)14-15-10-6-4-7-11-15/h4-13H,14H2,1-3H3,(H,21,22). The van der Waals surface area contributed by atoms with Crippen LogP contribution in [0.3, 0.4) is 0 Å². The van der Waals surface area contributed by atoms with Crippen LogP contribution in [0.1, 0.15) is 37.9 Å². The molecule has 3 rings (SSSR count). The minimum Gasteiger partial charge on any atom is -0.345 e. The van der Waals surface area contributed by atoms with Crippen molar-refractivity contribution in [1.82, 2.24) is 9.97 Å². The van der Waals surface area contributed by atoms with Crippen molar-refractivity contribution in [3.63, 3.8) is 0 Å². The Balaban J connectivity index is 2.02. The zero-order valence-corrected chi connectivity index (χ0v) is 13.4. The summed E-state index contributed by atoms with van der Waals surface area (Å²) >= 11 is 0. The Morgan fingerprint density at radius 3 is 2.05 bits per heavy atom. The molecule has 0 spiro atoms. The molecule has 0 bridgehead atoms. The van der Waals surface area contributed by atoms with Gasteiger partial charge in [-0.15, -0.1) is 0 Å². The third-order valence-electron chi connectivity index (χ3n) is 3.76. The van der Waals surface area contributed by atoms with E-state index in [2.05, 4.69) is 74.3 Å². The first-order chi connectivity index (χ1) is 10.5. The van der Waals surface area contributed by atoms with Crippen LogP contribution in [0.2, 0.25) is 0 Å². The molecule has 2 nitrogen and oxygen atoms in total. The van der Waals surface area contributed by atoms with E-state index in [0.29, 0.717) is 0 Å². The lowest BCUT2D eigenvalue weighted by Gasteiger charge is -2.18. The van der Waals surface area contributed by atoms with E-state index >= 15 is 0 Å². The molecule has 0 aliphatic rings. The van der Waals surface area contributed by atoms with Gasteiger partial charge in [-0.25, -0.2) is 4.98 Å². The minimum absolute atomic E-state index is 0.0348. The summed E-state index contributed by atoms with van der Waals surface area (Å²) in [5.74, 6) is 1.02. The fourth-order valence-electron chi connectivity index (χ4n) is 2.64. The normalized spacial score (nSPS) is 11.6. The Kier molecular flexibility index (Phi) is 3.84. The fourth-order valence-corrected chi connectivity index (χ4v) is 2.64. The highest BCUT2D eigenvalue weighted by Crippen LogP contribution is 2.31. The molecule has 0 radical (unpaired) electrons. The molecule has 0 atom stereocenters. The van der Waals surface area contributed by atoms with Gasteiger partial charge in [-0.1, -0.05) is 81.4 Å². The van der Waals surface area contributed by atoms with Gasteiger partial charge in [0.1, 0.15) is 5.82 Å². The third kappa shape index (κ3) is 3.11. The molecule has 1 heterocycles. The maximum atomic E-state index is 4.89. The number of hydrogen-bond donors (Lipinski definition) is 1. The SMILES string of the molecule is CC(C)(C)c1[nH]c(Cc2ccccc2)nc1-c1ccccc1. The molecular formula is C20H22N2. The molecule has 0 fully saturated rings. The Labute approximate surface area is 132 Å². The van der Waals surface area contributed by atoms with Crippen molar-refractivity contribution < 1.29 is 0 Å². The van der Waals surface area contributed by atoms with Crippen LogP contribution in [-0.4, -0.2) is 9.97 Å². The first-order valence-corrected chi connectivity index (χ1v) is 7.73. The summed E-state index contributed by atoms with van der Waals surface area (Å²) in [5.41, 5.74) is 4.75. The summed E-state index contributed by atoms with van der Waals surface area (Å²) in [5, 5.41) is 0. The van der Waals surface area contributed by atoms with Gasteiger partial charge in [-0.2, -0.15) is 0 Å². The van der Waals surface area contributed by atoms with Gasteiger partial charge in [0.25, 0.3) is 0 Å². The van der Waals surface area contributed by atoms with Crippen LogP contribution in [0.25, 0.3) is 11.3 Å². The van der Waals surface area contributed by atoms with E-state index in [4.69, 9.17) is 4.98 Å². The summed E-state index contributed by atoms with van der Waals surface area (Å²) in [6.45, 7) is 6.66. The van der Waals surface area contributed by atoms with E-state index in [9.17, 15) is 0 Å². The van der Waals surface area contributed by atoms with Crippen LogP contribution >= 0.6 is 0 Å². The smallest absolute Gasteiger partial charge is 0.111 e. The molecule has 0 saturated carbocycles. The van der Waals surface area contributed by atoms with Crippen molar-refractivity contribution in [2.45, 2.75) is 32.6 Å². The van der Waals surface area contributed by atoms with Crippen LogP contribution in [0.15, 0.2) is 60.7 Å². The molecule has 0 aliphatic heterocycles. The van der Waals surface area contributed by atoms with Gasteiger partial charge in [0.15, 0.2) is 0 Å². The second-order valence-corrected chi connectivity index (χ2v) is 6.69. The van der Waals surface area contributed by atoms with E-state index in [1.807, 2.05) is 12.1 Å². The molecule has 1 aromatic heterocycles. The van der Waals surface area contributed by atoms with Crippen molar-refractivity contribution >= 4 is 0 Å². The fraction of sp³-hybridized carbons (Fsp3) is 0.250. The lowest BCUT2D eigenvalue weighted by molar-refractivity contribution is 0.573. The van der Waals surface area contributed by atoms with Crippen LogP contribution in [-0.2, 0) is 11.8 Å². The monoisotopic (exact) mass is 290 g/mol. The summed E-state index contributed by atoms with van der Waals surface area (Å²) in [4.78, 5) is 8.44. The zero-order chi connectivity index (χ0) is 15.6. The predicted octanol–water partition coefficient (Wildman–Crippen LogP) is 4.97. The first-order valence-electron chi connectivity index (χ1n) is 7.73. The van der Waals surface area contributed by atoms with Crippen molar-refractivity contribution in [3.8, 4) is 11.3 Å². The van der Waals surface area contributed by atoms with Gasteiger partial charge in [-0.05, 0) is 5.56 Å². The number of nitrogens with zero attached hydrogens (tertiary/aromatic N) is 1. The lowest BCUT2D eigenvalue weighted by Crippen LogP contribution is -2.13. The number of aromatic amines is 1. The molecule has 0 unspecified atom stereocenters. The quantitative estimate of drug-likeness (QED) is 0.725. The highest BCUT2D eigenvalue weighted by molar-refractivity contribution is 5.63. The van der Waals surface area contributed by atoms with Crippen LogP contribution in [0, 0.1) is 0 Å². The summed E-state index contributed by atoms with van der Waals surface area (Å²) < 4.78 is 0. The van der Waals surface area contributed by atoms with Gasteiger partial charge in [0.2, 0.25) is 0 Å². The molecule has 0 saturated heterocycles. The minimum atomic E-state index is 0.0348. The van der Waals surface area contributed by atoms with Crippen molar-refractivity contribution in [2.75, 3.05) is 0 Å². The molecular weight excluding hydrogens is 268 g/mol. The molecule has 2 aromatic carbocycles. The van der Waals surface area contributed by atoms with E-state index < -0.39 is 0 Å². The summed E-state index contributed by atoms with van der Waals surface area (Å²) in [6, 6.07) is 20.9. The summed E-state index contributed by atoms with van der Waals surface area (Å²) in [6.07, 6.45) is 0.830. The highest BCUT2D eigenvalue weighted by Gasteiger charge is 2.23. The Bertz CT molecular complexity index is 734. The first kappa shape index (κ1) is 14.6. The molecule has 1 N–H and O–H groups in total. The molecule has 22 heavy (non-hydrogen) atoms. The third-order valence-corrected chi connectivity index (χ3v) is 3.76. The number of aromatic nitrogens is 2. The van der Waals surface area contributed by atoms with Crippen molar-refractivity contribution in [1.29, 1.82) is 0 Å². The number of benzene rings is 2. The van der Waals surface area contributed by atoms with Crippen molar-refractivity contribution in [3.05, 3.63) is 77.7 Å². The Morgan fingerprint density at radius 2 is 1.45 bits per heavy atom. The topological polar surface area (TPSA) is 28.7 Å². The zero-order valence-electron chi connectivity index (χ0n) is 13.4. The molecule has 0 aliphatic carbocycles. The second-order valence-electron chi connectivity index (χ2n) is 6.69. The lowest BCUT2D eigenvalue weighted by atomic mass is 9.89. The van der Waals surface area contributed by atoms with E-state index in [-0.39, 0.29) is 5.41 Å². The second kappa shape index (κ2) is 5.80. The highest BCUT2D eigenvalue weighted by atomic mass is 14.9. The van der Waals surface area contributed by atoms with Crippen LogP contribution in [0.5, 0.6) is 0 Å². The average molecular weight is 290 g/mol. The maximum Gasteiger partial charge on any atom is 0.111 e. The van der Waals surface area contributed by atoms with E-state index in [0.717, 1.165) is 17.9 Å². The van der Waals surface area contributed by atoms with Gasteiger partial charge in [0.05, 0.1) is 5.69 Å². The van der Waals surface area contributed by atoms with Gasteiger partial charge < -0.3 is 4.98 Å². The van der Waals surface area contributed by atoms with Gasteiger partial charge in [0, 0.05) is 23.1 Å². The Morgan fingerprint density at radius 1 is 0.864 bits per heavy atom. The number of H-pyrrole nitrogens is 1. The number of hydrogen-bond acceptors (Lipinski definition) is 1. The van der Waals surface area contributed by atoms with Crippen molar-refractivity contribution in [2.24, 2.45) is 0 Å². The summed E-state index contributed by atoms with van der Waals surface area (Å²) in [7, 11) is 0. The Hall–Kier alpha value is -2.35. The number of imidazole rings is 1. The van der Waals surface area contributed by atoms with Gasteiger partial charge in [-0.3, -0.25) is 0 Å². The molecule has 112 valence electrons. The molecule has 2 heteroatoms. The van der Waals surface area contributed by atoms with Crippen LogP contribution in [0.4, 0.5) is 0 Å². The predicted molar refractivity (Wildman–Crippen MR) is 92.0 cm³/mol. The van der Waals surface area contributed by atoms with E-state index in [1.54, 1.807) is 0 Å². The number of nitrogens with one attached hydrogen (secondary N) is 1. The molecule has 3 aromatic rings. The maximum absolute atomic E-state index is 4.89. The molecule has 0 amide bonds. The average Bonchev–Trinajstić information content (AvgIpc) is 2.93. The van der Waals surface area contributed by atoms with E-state index in [1.165, 1.54) is 16.8 Å². The van der Waals surface area contributed by atoms with Gasteiger partial charge >= 0.3 is 0 Å². The van der Waals surface area contributed by atoms with Crippen LogP contribution < -0.4 is 0 Å².